The number of benzene rings is 1. The highest BCUT2D eigenvalue weighted by atomic mass is 35.5. The maximum atomic E-state index is 11.2. The molecular formula is C12H13ClO2. The number of ketones is 1. The lowest BCUT2D eigenvalue weighted by atomic mass is 9.96. The van der Waals surface area contributed by atoms with Crippen LogP contribution in [0.4, 0.5) is 0 Å². The van der Waals surface area contributed by atoms with Crippen LogP contribution >= 0.6 is 11.6 Å². The molecule has 0 aromatic heterocycles. The average molecular weight is 225 g/mol. The Kier molecular flexibility index (Phi) is 3.27. The molecule has 1 unspecified atom stereocenters. The van der Waals surface area contributed by atoms with E-state index in [2.05, 4.69) is 0 Å². The van der Waals surface area contributed by atoms with Crippen LogP contribution in [0.25, 0.3) is 0 Å². The third kappa shape index (κ3) is 2.96. The van der Waals surface area contributed by atoms with Crippen molar-refractivity contribution in [3.8, 4) is 5.75 Å². The SMILES string of the molecule is O=C1CCCC(Oc2cccc(Cl)c2)C1. The van der Waals surface area contributed by atoms with E-state index in [-0.39, 0.29) is 6.10 Å². The molecule has 0 bridgehead atoms. The van der Waals surface area contributed by atoms with Gasteiger partial charge < -0.3 is 4.74 Å². The van der Waals surface area contributed by atoms with Gasteiger partial charge in [0.15, 0.2) is 0 Å². The number of carbonyl (C=O) groups is 1. The third-order valence-corrected chi connectivity index (χ3v) is 2.77. The number of hydrogen-bond acceptors (Lipinski definition) is 2. The van der Waals surface area contributed by atoms with E-state index in [0.717, 1.165) is 18.6 Å². The van der Waals surface area contributed by atoms with Crippen molar-refractivity contribution >= 4 is 17.4 Å². The molecule has 0 radical (unpaired) electrons. The van der Waals surface area contributed by atoms with Gasteiger partial charge in [0, 0.05) is 17.9 Å². The number of rotatable bonds is 2. The van der Waals surface area contributed by atoms with E-state index in [1.54, 1.807) is 12.1 Å². The minimum absolute atomic E-state index is 0.0321. The lowest BCUT2D eigenvalue weighted by Gasteiger charge is -2.22. The van der Waals surface area contributed by atoms with Gasteiger partial charge in [-0.15, -0.1) is 0 Å². The molecular weight excluding hydrogens is 212 g/mol. The van der Waals surface area contributed by atoms with E-state index in [1.165, 1.54) is 0 Å². The Morgan fingerprint density at radius 2 is 2.27 bits per heavy atom. The Hall–Kier alpha value is -1.02. The highest BCUT2D eigenvalue weighted by molar-refractivity contribution is 6.30. The minimum Gasteiger partial charge on any atom is -0.490 e. The van der Waals surface area contributed by atoms with Gasteiger partial charge in [0.25, 0.3) is 0 Å². The lowest BCUT2D eigenvalue weighted by molar-refractivity contribution is -0.122. The largest absolute Gasteiger partial charge is 0.490 e. The molecule has 2 nitrogen and oxygen atoms in total. The topological polar surface area (TPSA) is 26.3 Å². The van der Waals surface area contributed by atoms with E-state index in [4.69, 9.17) is 16.3 Å². The Labute approximate surface area is 94.2 Å². The van der Waals surface area contributed by atoms with Gasteiger partial charge in [-0.2, -0.15) is 0 Å². The van der Waals surface area contributed by atoms with Gasteiger partial charge in [0.05, 0.1) is 0 Å². The molecule has 0 spiro atoms. The number of Topliss-reactive ketones (excluding diaryl/α,β-unsaturated/α-hetero) is 1. The maximum absolute atomic E-state index is 11.2. The standard InChI is InChI=1S/C12H13ClO2/c13-9-3-1-5-11(7-9)15-12-6-2-4-10(14)8-12/h1,3,5,7,12H,2,4,6,8H2. The van der Waals surface area contributed by atoms with Crippen molar-refractivity contribution < 1.29 is 9.53 Å². The first-order valence-corrected chi connectivity index (χ1v) is 5.56. The summed E-state index contributed by atoms with van der Waals surface area (Å²) in [7, 11) is 0. The highest BCUT2D eigenvalue weighted by Gasteiger charge is 2.20. The molecule has 0 saturated heterocycles. The highest BCUT2D eigenvalue weighted by Crippen LogP contribution is 2.23. The third-order valence-electron chi connectivity index (χ3n) is 2.54. The van der Waals surface area contributed by atoms with Gasteiger partial charge >= 0.3 is 0 Å². The van der Waals surface area contributed by atoms with E-state index in [0.29, 0.717) is 23.6 Å². The number of carbonyl (C=O) groups excluding carboxylic acids is 1. The Morgan fingerprint density at radius 1 is 1.40 bits per heavy atom. The summed E-state index contributed by atoms with van der Waals surface area (Å²) in [5.74, 6) is 1.05. The molecule has 80 valence electrons. The average Bonchev–Trinajstić information content (AvgIpc) is 2.17. The van der Waals surface area contributed by atoms with Gasteiger partial charge in [-0.05, 0) is 31.0 Å². The van der Waals surface area contributed by atoms with E-state index in [1.807, 2.05) is 12.1 Å². The van der Waals surface area contributed by atoms with Crippen LogP contribution in [0.2, 0.25) is 5.02 Å². The molecule has 0 amide bonds. The first-order valence-electron chi connectivity index (χ1n) is 5.18. The monoisotopic (exact) mass is 224 g/mol. The van der Waals surface area contributed by atoms with Crippen molar-refractivity contribution in [2.75, 3.05) is 0 Å². The molecule has 15 heavy (non-hydrogen) atoms. The molecule has 0 N–H and O–H groups in total. The van der Waals surface area contributed by atoms with Crippen molar-refractivity contribution in [2.24, 2.45) is 0 Å². The first kappa shape index (κ1) is 10.5. The van der Waals surface area contributed by atoms with Crippen LogP contribution in [0.5, 0.6) is 5.75 Å². The van der Waals surface area contributed by atoms with Gasteiger partial charge in [0.2, 0.25) is 0 Å². The van der Waals surface area contributed by atoms with Crippen molar-refractivity contribution in [3.05, 3.63) is 29.3 Å². The molecule has 0 heterocycles. The zero-order valence-electron chi connectivity index (χ0n) is 8.41. The van der Waals surface area contributed by atoms with Crippen molar-refractivity contribution in [2.45, 2.75) is 31.8 Å². The van der Waals surface area contributed by atoms with Crippen LogP contribution in [0.1, 0.15) is 25.7 Å². The van der Waals surface area contributed by atoms with Crippen LogP contribution in [-0.4, -0.2) is 11.9 Å². The van der Waals surface area contributed by atoms with Crippen molar-refractivity contribution in [1.29, 1.82) is 0 Å². The maximum Gasteiger partial charge on any atom is 0.136 e. The van der Waals surface area contributed by atoms with Crippen molar-refractivity contribution in [3.63, 3.8) is 0 Å². The Balaban J connectivity index is 1.99. The lowest BCUT2D eigenvalue weighted by Crippen LogP contribution is -2.25. The van der Waals surface area contributed by atoms with Crippen LogP contribution in [-0.2, 0) is 4.79 Å². The second kappa shape index (κ2) is 4.67. The summed E-state index contributed by atoms with van der Waals surface area (Å²) in [4.78, 5) is 11.2. The Morgan fingerprint density at radius 3 is 3.00 bits per heavy atom. The molecule has 2 rings (SSSR count). The molecule has 1 aliphatic carbocycles. The summed E-state index contributed by atoms with van der Waals surface area (Å²) in [5.41, 5.74) is 0. The predicted molar refractivity (Wildman–Crippen MR) is 59.3 cm³/mol. The summed E-state index contributed by atoms with van der Waals surface area (Å²) >= 11 is 5.84. The summed E-state index contributed by atoms with van der Waals surface area (Å²) in [5, 5.41) is 0.662. The van der Waals surface area contributed by atoms with Gasteiger partial charge in [-0.25, -0.2) is 0 Å². The fourth-order valence-electron chi connectivity index (χ4n) is 1.82. The predicted octanol–water partition coefficient (Wildman–Crippen LogP) is 3.23. The van der Waals surface area contributed by atoms with Gasteiger partial charge in [-0.3, -0.25) is 4.79 Å². The summed E-state index contributed by atoms with van der Waals surface area (Å²) in [6.45, 7) is 0. The fraction of sp³-hybridized carbons (Fsp3) is 0.417. The zero-order valence-corrected chi connectivity index (χ0v) is 9.17. The van der Waals surface area contributed by atoms with Crippen LogP contribution < -0.4 is 4.74 Å². The molecule has 3 heteroatoms. The Bertz CT molecular complexity index is 362. The molecule has 1 atom stereocenters. The zero-order chi connectivity index (χ0) is 10.7. The quantitative estimate of drug-likeness (QED) is 0.771. The van der Waals surface area contributed by atoms with Crippen LogP contribution in [0.15, 0.2) is 24.3 Å². The molecule has 1 saturated carbocycles. The van der Waals surface area contributed by atoms with Crippen LogP contribution in [0, 0.1) is 0 Å². The fourth-order valence-corrected chi connectivity index (χ4v) is 2.00. The van der Waals surface area contributed by atoms with E-state index < -0.39 is 0 Å². The second-order valence-electron chi connectivity index (χ2n) is 3.83. The van der Waals surface area contributed by atoms with E-state index in [9.17, 15) is 4.79 Å². The molecule has 1 aromatic rings. The van der Waals surface area contributed by atoms with Crippen LogP contribution in [0.3, 0.4) is 0 Å². The normalized spacial score (nSPS) is 21.4. The first-order chi connectivity index (χ1) is 7.24. The smallest absolute Gasteiger partial charge is 0.136 e. The molecule has 1 fully saturated rings. The number of hydrogen-bond donors (Lipinski definition) is 0. The minimum atomic E-state index is 0.0321. The van der Waals surface area contributed by atoms with Gasteiger partial charge in [0.1, 0.15) is 17.6 Å². The molecule has 0 aliphatic heterocycles. The number of halogens is 1. The summed E-state index contributed by atoms with van der Waals surface area (Å²) < 4.78 is 5.70. The number of ether oxygens (including phenoxy) is 1. The summed E-state index contributed by atoms with van der Waals surface area (Å²) in [6, 6.07) is 7.30. The summed E-state index contributed by atoms with van der Waals surface area (Å²) in [6.07, 6.45) is 3.16. The molecule has 1 aromatic carbocycles. The van der Waals surface area contributed by atoms with Crippen molar-refractivity contribution in [1.82, 2.24) is 0 Å². The molecule has 1 aliphatic rings. The van der Waals surface area contributed by atoms with Gasteiger partial charge in [-0.1, -0.05) is 17.7 Å². The van der Waals surface area contributed by atoms with E-state index >= 15 is 0 Å². The second-order valence-corrected chi connectivity index (χ2v) is 4.27.